The van der Waals surface area contributed by atoms with E-state index in [-0.39, 0.29) is 11.5 Å². The van der Waals surface area contributed by atoms with Crippen LogP contribution >= 0.6 is 0 Å². The molecule has 0 aromatic carbocycles. The van der Waals surface area contributed by atoms with Gasteiger partial charge in [-0.2, -0.15) is 13.8 Å². The van der Waals surface area contributed by atoms with E-state index in [1.807, 2.05) is 0 Å². The van der Waals surface area contributed by atoms with E-state index in [1.54, 1.807) is 6.20 Å². The first kappa shape index (κ1) is 16.0. The standard InChI is InChI=1S/C15H18F2N6O2/c16-14(17)24-12-7-10(21-22-12)19-11-8-18-9-13(20-11)25-15-1-4-23(5-2-15)6-3-15/h7-9,14H,1-6H2,(H2,19,20,21,22). The van der Waals surface area contributed by atoms with Gasteiger partial charge in [0.15, 0.2) is 5.82 Å². The minimum absolute atomic E-state index is 0.158. The summed E-state index contributed by atoms with van der Waals surface area (Å²) in [5, 5.41) is 9.09. The monoisotopic (exact) mass is 352 g/mol. The Kier molecular flexibility index (Phi) is 4.12. The van der Waals surface area contributed by atoms with E-state index in [1.165, 1.54) is 12.3 Å². The molecule has 8 nitrogen and oxygen atoms in total. The Morgan fingerprint density at radius 3 is 2.64 bits per heavy atom. The van der Waals surface area contributed by atoms with Gasteiger partial charge in [0.25, 0.3) is 0 Å². The highest BCUT2D eigenvalue weighted by molar-refractivity contribution is 5.52. The predicted molar refractivity (Wildman–Crippen MR) is 84.2 cm³/mol. The van der Waals surface area contributed by atoms with Gasteiger partial charge in [-0.15, -0.1) is 5.10 Å². The fraction of sp³-hybridized carbons (Fsp3) is 0.533. The molecule has 2 bridgehead atoms. The third-order valence-corrected chi connectivity index (χ3v) is 4.61. The molecule has 10 heteroatoms. The molecule has 0 spiro atoms. The first-order valence-electron chi connectivity index (χ1n) is 8.11. The number of H-pyrrole nitrogens is 1. The lowest BCUT2D eigenvalue weighted by atomic mass is 9.83. The van der Waals surface area contributed by atoms with Crippen molar-refractivity contribution in [1.29, 1.82) is 0 Å². The number of aromatic nitrogens is 4. The van der Waals surface area contributed by atoms with Crippen molar-refractivity contribution in [3.63, 3.8) is 0 Å². The molecular formula is C15H18F2N6O2. The Balaban J connectivity index is 1.43. The predicted octanol–water partition coefficient (Wildman–Crippen LogP) is 2.16. The zero-order chi connectivity index (χ0) is 17.3. The summed E-state index contributed by atoms with van der Waals surface area (Å²) < 4.78 is 34.7. The normalized spacial score (nSPS) is 25.2. The third kappa shape index (κ3) is 3.63. The van der Waals surface area contributed by atoms with Gasteiger partial charge in [-0.05, 0) is 19.3 Å². The number of nitrogens with zero attached hydrogens (tertiary/aromatic N) is 4. The Bertz CT molecular complexity index is 719. The summed E-state index contributed by atoms with van der Waals surface area (Å²) in [5.41, 5.74) is -0.158. The molecule has 0 atom stereocenters. The van der Waals surface area contributed by atoms with Crippen LogP contribution in [0.3, 0.4) is 0 Å². The number of piperidine rings is 3. The van der Waals surface area contributed by atoms with Crippen molar-refractivity contribution in [1.82, 2.24) is 25.1 Å². The van der Waals surface area contributed by atoms with Crippen LogP contribution in [-0.2, 0) is 0 Å². The number of anilines is 2. The summed E-state index contributed by atoms with van der Waals surface area (Å²) in [4.78, 5) is 11.0. The van der Waals surface area contributed by atoms with E-state index in [4.69, 9.17) is 4.74 Å². The van der Waals surface area contributed by atoms with Crippen molar-refractivity contribution in [2.24, 2.45) is 0 Å². The van der Waals surface area contributed by atoms with Gasteiger partial charge in [-0.1, -0.05) is 0 Å². The fourth-order valence-corrected chi connectivity index (χ4v) is 3.29. The van der Waals surface area contributed by atoms with Crippen molar-refractivity contribution < 1.29 is 18.3 Å². The molecule has 134 valence electrons. The number of fused-ring (bicyclic) bond motifs is 3. The van der Waals surface area contributed by atoms with Crippen LogP contribution in [0.4, 0.5) is 20.4 Å². The zero-order valence-electron chi connectivity index (χ0n) is 13.4. The van der Waals surface area contributed by atoms with Gasteiger partial charge in [0.05, 0.1) is 12.4 Å². The van der Waals surface area contributed by atoms with Gasteiger partial charge in [-0.3, -0.25) is 10.1 Å². The number of rotatable bonds is 6. The smallest absolute Gasteiger partial charge is 0.388 e. The summed E-state index contributed by atoms with van der Waals surface area (Å²) in [6.07, 6.45) is 6.06. The zero-order valence-corrected chi connectivity index (χ0v) is 13.4. The average Bonchev–Trinajstić information content (AvgIpc) is 3.02. The van der Waals surface area contributed by atoms with E-state index >= 15 is 0 Å². The minimum Gasteiger partial charge on any atom is -0.470 e. The molecule has 0 aliphatic carbocycles. The maximum Gasteiger partial charge on any atom is 0.388 e. The van der Waals surface area contributed by atoms with Gasteiger partial charge in [0.2, 0.25) is 11.8 Å². The molecule has 0 unspecified atom stereocenters. The summed E-state index contributed by atoms with van der Waals surface area (Å²) in [7, 11) is 0. The molecule has 3 saturated heterocycles. The number of alkyl halides is 2. The molecule has 3 fully saturated rings. The molecule has 5 rings (SSSR count). The fourth-order valence-electron chi connectivity index (χ4n) is 3.29. The molecule has 3 aliphatic heterocycles. The number of hydrogen-bond acceptors (Lipinski definition) is 7. The van der Waals surface area contributed by atoms with E-state index in [0.717, 1.165) is 38.9 Å². The Hall–Kier alpha value is -2.49. The highest BCUT2D eigenvalue weighted by Crippen LogP contribution is 2.35. The largest absolute Gasteiger partial charge is 0.470 e. The minimum atomic E-state index is -2.92. The lowest BCUT2D eigenvalue weighted by Gasteiger charge is -2.47. The van der Waals surface area contributed by atoms with Crippen molar-refractivity contribution >= 4 is 11.6 Å². The maximum atomic E-state index is 12.2. The molecule has 0 saturated carbocycles. The Morgan fingerprint density at radius 1 is 1.16 bits per heavy atom. The first-order chi connectivity index (χ1) is 12.1. The van der Waals surface area contributed by atoms with Crippen LogP contribution in [0.2, 0.25) is 0 Å². The van der Waals surface area contributed by atoms with Gasteiger partial charge in [0, 0.05) is 25.7 Å². The van der Waals surface area contributed by atoms with Crippen molar-refractivity contribution in [2.45, 2.75) is 31.5 Å². The van der Waals surface area contributed by atoms with Gasteiger partial charge in [-0.25, -0.2) is 0 Å². The summed E-state index contributed by atoms with van der Waals surface area (Å²) in [6.45, 7) is 0.222. The van der Waals surface area contributed by atoms with Crippen molar-refractivity contribution in [3.8, 4) is 11.8 Å². The highest BCUT2D eigenvalue weighted by atomic mass is 19.3. The van der Waals surface area contributed by atoms with Crippen LogP contribution in [0.1, 0.15) is 19.3 Å². The van der Waals surface area contributed by atoms with Crippen LogP contribution in [0, 0.1) is 0 Å². The van der Waals surface area contributed by atoms with Crippen LogP contribution in [0.15, 0.2) is 18.5 Å². The molecule has 2 N–H and O–H groups in total. The quantitative estimate of drug-likeness (QED) is 0.824. The molecule has 3 aliphatic rings. The molecule has 2 aromatic rings. The molecule has 0 radical (unpaired) electrons. The summed E-state index contributed by atoms with van der Waals surface area (Å²) >= 11 is 0. The van der Waals surface area contributed by atoms with Crippen LogP contribution in [-0.4, -0.2) is 56.9 Å². The SMILES string of the molecule is FC(F)Oc1cc(Nc2cncc(OC34CCN(CC3)CC4)n2)[nH]n1. The Labute approximate surface area is 142 Å². The molecule has 25 heavy (non-hydrogen) atoms. The maximum absolute atomic E-state index is 12.2. The number of ether oxygens (including phenoxy) is 2. The van der Waals surface area contributed by atoms with E-state index in [9.17, 15) is 8.78 Å². The number of halogens is 2. The topological polar surface area (TPSA) is 88.2 Å². The third-order valence-electron chi connectivity index (χ3n) is 4.61. The lowest BCUT2D eigenvalue weighted by molar-refractivity contribution is -0.0539. The number of nitrogens with one attached hydrogen (secondary N) is 2. The van der Waals surface area contributed by atoms with Crippen molar-refractivity contribution in [2.75, 3.05) is 25.0 Å². The van der Waals surface area contributed by atoms with Crippen LogP contribution in [0.25, 0.3) is 0 Å². The van der Waals surface area contributed by atoms with Gasteiger partial charge >= 0.3 is 6.61 Å². The molecule has 2 aromatic heterocycles. The van der Waals surface area contributed by atoms with E-state index < -0.39 is 6.61 Å². The highest BCUT2D eigenvalue weighted by Gasteiger charge is 2.41. The Morgan fingerprint density at radius 2 is 1.92 bits per heavy atom. The first-order valence-corrected chi connectivity index (χ1v) is 8.11. The second-order valence-corrected chi connectivity index (χ2v) is 6.24. The summed E-state index contributed by atoms with van der Waals surface area (Å²) in [6, 6.07) is 1.32. The van der Waals surface area contributed by atoms with Crippen LogP contribution in [0.5, 0.6) is 11.8 Å². The number of hydrogen-bond donors (Lipinski definition) is 2. The second kappa shape index (κ2) is 6.43. The lowest BCUT2D eigenvalue weighted by Crippen LogP contribution is -2.55. The van der Waals surface area contributed by atoms with Crippen molar-refractivity contribution in [3.05, 3.63) is 18.5 Å². The molecule has 5 heterocycles. The summed E-state index contributed by atoms with van der Waals surface area (Å²) in [5.74, 6) is 1.04. The van der Waals surface area contributed by atoms with E-state index in [2.05, 4.69) is 35.1 Å². The molecular weight excluding hydrogens is 334 g/mol. The molecule has 0 amide bonds. The van der Waals surface area contributed by atoms with Crippen LogP contribution < -0.4 is 14.8 Å². The van der Waals surface area contributed by atoms with Gasteiger partial charge < -0.3 is 19.7 Å². The average molecular weight is 352 g/mol. The number of aromatic amines is 1. The van der Waals surface area contributed by atoms with Gasteiger partial charge in [0.1, 0.15) is 11.4 Å². The van der Waals surface area contributed by atoms with E-state index in [0.29, 0.717) is 17.5 Å². The second-order valence-electron chi connectivity index (χ2n) is 6.24.